The fourth-order valence-electron chi connectivity index (χ4n) is 3.68. The second-order valence-electron chi connectivity index (χ2n) is 6.77. The van der Waals surface area contributed by atoms with Crippen molar-refractivity contribution in [3.05, 3.63) is 90.5 Å². The third-order valence-corrected chi connectivity index (χ3v) is 5.09. The largest absolute Gasteiger partial charge is 0.497 e. The van der Waals surface area contributed by atoms with Crippen LogP contribution in [0.2, 0.25) is 0 Å². The van der Waals surface area contributed by atoms with E-state index in [0.717, 1.165) is 50.7 Å². The molecule has 0 saturated heterocycles. The molecule has 1 aliphatic heterocycles. The van der Waals surface area contributed by atoms with E-state index in [1.165, 1.54) is 0 Å². The molecule has 0 saturated carbocycles. The van der Waals surface area contributed by atoms with Gasteiger partial charge in [-0.2, -0.15) is 0 Å². The van der Waals surface area contributed by atoms with E-state index in [0.29, 0.717) is 6.61 Å². The van der Waals surface area contributed by atoms with Crippen LogP contribution in [0.25, 0.3) is 33.6 Å². The van der Waals surface area contributed by atoms with Crippen LogP contribution < -0.4 is 9.47 Å². The van der Waals surface area contributed by atoms with Crippen LogP contribution in [-0.4, -0.2) is 12.1 Å². The molecule has 0 aliphatic carbocycles. The number of para-hydroxylation sites is 1. The van der Waals surface area contributed by atoms with E-state index in [1.807, 2.05) is 42.5 Å². The monoisotopic (exact) mass is 365 g/mol. The van der Waals surface area contributed by atoms with Crippen LogP contribution in [0.1, 0.15) is 5.56 Å². The Bertz CT molecular complexity index is 1140. The number of nitrogens with zero attached hydrogens (tertiary/aromatic N) is 1. The lowest BCUT2D eigenvalue weighted by Gasteiger charge is -2.23. The zero-order valence-electron chi connectivity index (χ0n) is 15.6. The molecule has 0 radical (unpaired) electrons. The predicted octanol–water partition coefficient (Wildman–Crippen LogP) is 5.98. The molecule has 1 aromatic heterocycles. The number of fused-ring (bicyclic) bond motifs is 3. The van der Waals surface area contributed by atoms with E-state index in [4.69, 9.17) is 14.5 Å². The Labute approximate surface area is 164 Å². The minimum atomic E-state index is 0.516. The summed E-state index contributed by atoms with van der Waals surface area (Å²) in [6.45, 7) is 0.516. The Balaban J connectivity index is 1.78. The van der Waals surface area contributed by atoms with Crippen molar-refractivity contribution >= 4 is 0 Å². The number of hydrogen-bond donors (Lipinski definition) is 0. The normalized spacial score (nSPS) is 11.9. The van der Waals surface area contributed by atoms with Crippen molar-refractivity contribution in [3.63, 3.8) is 0 Å². The van der Waals surface area contributed by atoms with Crippen molar-refractivity contribution in [2.24, 2.45) is 0 Å². The first-order valence-electron chi connectivity index (χ1n) is 9.29. The zero-order valence-corrected chi connectivity index (χ0v) is 15.6. The van der Waals surface area contributed by atoms with Crippen LogP contribution >= 0.6 is 0 Å². The molecule has 2 heterocycles. The standard InChI is InChI=1S/C25H19NO2/c1-27-19-11-7-10-18(14-19)23-15-21(17-8-3-2-4-9-17)22-16-28-24-13-6-5-12-20(24)25(22)26-23/h2-15H,16H2,1H3. The predicted molar refractivity (Wildman–Crippen MR) is 111 cm³/mol. The van der Waals surface area contributed by atoms with E-state index in [2.05, 4.69) is 42.5 Å². The van der Waals surface area contributed by atoms with Gasteiger partial charge in [0, 0.05) is 16.7 Å². The Morgan fingerprint density at radius 1 is 0.786 bits per heavy atom. The molecule has 28 heavy (non-hydrogen) atoms. The van der Waals surface area contributed by atoms with Gasteiger partial charge in [-0.3, -0.25) is 0 Å². The third-order valence-electron chi connectivity index (χ3n) is 5.09. The van der Waals surface area contributed by atoms with E-state index in [9.17, 15) is 0 Å². The van der Waals surface area contributed by atoms with E-state index in [-0.39, 0.29) is 0 Å². The zero-order chi connectivity index (χ0) is 18.9. The Morgan fingerprint density at radius 3 is 2.43 bits per heavy atom. The second-order valence-corrected chi connectivity index (χ2v) is 6.77. The molecule has 0 unspecified atom stereocenters. The highest BCUT2D eigenvalue weighted by atomic mass is 16.5. The summed E-state index contributed by atoms with van der Waals surface area (Å²) in [5.41, 5.74) is 7.41. The van der Waals surface area contributed by atoms with Crippen molar-refractivity contribution in [1.82, 2.24) is 4.98 Å². The average molecular weight is 365 g/mol. The lowest BCUT2D eigenvalue weighted by atomic mass is 9.92. The maximum Gasteiger partial charge on any atom is 0.129 e. The van der Waals surface area contributed by atoms with Gasteiger partial charge in [0.15, 0.2) is 0 Å². The van der Waals surface area contributed by atoms with Crippen molar-refractivity contribution < 1.29 is 9.47 Å². The highest BCUT2D eigenvalue weighted by molar-refractivity contribution is 5.83. The first kappa shape index (κ1) is 16.6. The molecule has 3 aromatic carbocycles. The molecule has 3 heteroatoms. The molecule has 0 amide bonds. The van der Waals surface area contributed by atoms with Gasteiger partial charge in [-0.15, -0.1) is 0 Å². The van der Waals surface area contributed by atoms with Crippen LogP contribution in [0.15, 0.2) is 84.9 Å². The Morgan fingerprint density at radius 2 is 1.57 bits per heavy atom. The third kappa shape index (κ3) is 2.81. The summed E-state index contributed by atoms with van der Waals surface area (Å²) in [4.78, 5) is 5.05. The number of ether oxygens (including phenoxy) is 2. The summed E-state index contributed by atoms with van der Waals surface area (Å²) in [5, 5.41) is 0. The van der Waals surface area contributed by atoms with Gasteiger partial charge in [0.2, 0.25) is 0 Å². The smallest absolute Gasteiger partial charge is 0.129 e. The number of hydrogen-bond acceptors (Lipinski definition) is 3. The molecule has 0 N–H and O–H groups in total. The molecule has 0 spiro atoms. The minimum absolute atomic E-state index is 0.516. The quantitative estimate of drug-likeness (QED) is 0.447. The van der Waals surface area contributed by atoms with Crippen LogP contribution in [0.5, 0.6) is 11.5 Å². The molecular weight excluding hydrogens is 346 g/mol. The van der Waals surface area contributed by atoms with Gasteiger partial charge < -0.3 is 9.47 Å². The van der Waals surface area contributed by atoms with Crippen molar-refractivity contribution in [2.75, 3.05) is 7.11 Å². The minimum Gasteiger partial charge on any atom is -0.497 e. The summed E-state index contributed by atoms with van der Waals surface area (Å²) in [6, 6.07) is 28.7. The molecule has 1 aliphatic rings. The van der Waals surface area contributed by atoms with Gasteiger partial charge in [0.25, 0.3) is 0 Å². The molecule has 4 aromatic rings. The molecule has 3 nitrogen and oxygen atoms in total. The van der Waals surface area contributed by atoms with Crippen LogP contribution in [0.4, 0.5) is 0 Å². The maximum absolute atomic E-state index is 6.03. The molecular formula is C25H19NO2. The average Bonchev–Trinajstić information content (AvgIpc) is 2.79. The Hall–Kier alpha value is -3.59. The summed E-state index contributed by atoms with van der Waals surface area (Å²) in [6.07, 6.45) is 0. The molecule has 0 atom stereocenters. The number of aromatic nitrogens is 1. The van der Waals surface area contributed by atoms with Gasteiger partial charge in [0.1, 0.15) is 18.1 Å². The Kier molecular flexibility index (Phi) is 4.06. The van der Waals surface area contributed by atoms with Crippen LogP contribution in [0.3, 0.4) is 0 Å². The van der Waals surface area contributed by atoms with Gasteiger partial charge in [-0.1, -0.05) is 54.6 Å². The molecule has 0 fully saturated rings. The fraction of sp³-hybridized carbons (Fsp3) is 0.0800. The number of rotatable bonds is 3. The lowest BCUT2D eigenvalue weighted by Crippen LogP contribution is -2.09. The second kappa shape index (κ2) is 6.86. The van der Waals surface area contributed by atoms with E-state index < -0.39 is 0 Å². The van der Waals surface area contributed by atoms with E-state index >= 15 is 0 Å². The van der Waals surface area contributed by atoms with E-state index in [1.54, 1.807) is 7.11 Å². The van der Waals surface area contributed by atoms with Crippen molar-refractivity contribution in [1.29, 1.82) is 0 Å². The van der Waals surface area contributed by atoms with Crippen LogP contribution in [-0.2, 0) is 6.61 Å². The van der Waals surface area contributed by atoms with Gasteiger partial charge in [-0.25, -0.2) is 4.98 Å². The molecule has 136 valence electrons. The van der Waals surface area contributed by atoms with Gasteiger partial charge in [0.05, 0.1) is 18.5 Å². The first-order chi connectivity index (χ1) is 13.8. The highest BCUT2D eigenvalue weighted by Gasteiger charge is 2.23. The molecule has 5 rings (SSSR count). The van der Waals surface area contributed by atoms with Gasteiger partial charge in [-0.05, 0) is 41.5 Å². The number of benzene rings is 3. The van der Waals surface area contributed by atoms with Crippen molar-refractivity contribution in [3.8, 4) is 45.1 Å². The topological polar surface area (TPSA) is 31.4 Å². The number of pyridine rings is 1. The lowest BCUT2D eigenvalue weighted by molar-refractivity contribution is 0.302. The van der Waals surface area contributed by atoms with Gasteiger partial charge >= 0.3 is 0 Å². The summed E-state index contributed by atoms with van der Waals surface area (Å²) < 4.78 is 11.4. The van der Waals surface area contributed by atoms with Crippen LogP contribution in [0, 0.1) is 0 Å². The maximum atomic E-state index is 6.03. The SMILES string of the molecule is COc1cccc(-c2cc(-c3ccccc3)c3c(n2)-c2ccccc2OC3)c1. The van der Waals surface area contributed by atoms with Crippen molar-refractivity contribution in [2.45, 2.75) is 6.61 Å². The summed E-state index contributed by atoms with van der Waals surface area (Å²) >= 11 is 0. The first-order valence-corrected chi connectivity index (χ1v) is 9.29. The fourth-order valence-corrected chi connectivity index (χ4v) is 3.68. The molecule has 0 bridgehead atoms. The number of methoxy groups -OCH3 is 1. The summed E-state index contributed by atoms with van der Waals surface area (Å²) in [7, 11) is 1.68. The summed E-state index contributed by atoms with van der Waals surface area (Å²) in [5.74, 6) is 1.70. The highest BCUT2D eigenvalue weighted by Crippen LogP contribution is 2.42.